The van der Waals surface area contributed by atoms with E-state index in [1.165, 1.54) is 18.1 Å². The first kappa shape index (κ1) is 17.5. The topological polar surface area (TPSA) is 33.5 Å². The molecule has 0 bridgehead atoms. The van der Waals surface area contributed by atoms with Crippen LogP contribution >= 0.6 is 0 Å². The second-order valence-electron chi connectivity index (χ2n) is 7.79. The third-order valence-electron chi connectivity index (χ3n) is 5.52. The average molecular weight is 358 g/mol. The number of anilines is 1. The summed E-state index contributed by atoms with van der Waals surface area (Å²) in [4.78, 5) is 4.81. The number of hydrogen-bond acceptors (Lipinski definition) is 4. The summed E-state index contributed by atoms with van der Waals surface area (Å²) in [5.41, 5.74) is 2.31. The molecule has 0 N–H and O–H groups in total. The summed E-state index contributed by atoms with van der Waals surface area (Å²) < 4.78 is 21.5. The van der Waals surface area contributed by atoms with E-state index in [1.807, 2.05) is 24.0 Å². The van der Waals surface area contributed by atoms with E-state index in [0.717, 1.165) is 51.4 Å². The van der Waals surface area contributed by atoms with Gasteiger partial charge in [-0.2, -0.15) is 5.10 Å². The number of ether oxygens (including phenoxy) is 1. The third kappa shape index (κ3) is 3.91. The molecule has 1 aromatic carbocycles. The minimum atomic E-state index is -0.177. The molecule has 2 fully saturated rings. The number of benzene rings is 1. The van der Waals surface area contributed by atoms with Crippen LogP contribution in [-0.4, -0.2) is 54.1 Å². The lowest BCUT2D eigenvalue weighted by atomic mass is 9.80. The smallest absolute Gasteiger partial charge is 0.125 e. The Kier molecular flexibility index (Phi) is 4.96. The van der Waals surface area contributed by atoms with E-state index in [2.05, 4.69) is 21.1 Å². The molecule has 1 spiro atoms. The fraction of sp³-hybridized carbons (Fsp3) is 0.550. The average Bonchev–Trinajstić information content (AvgIpc) is 2.91. The molecule has 5 nitrogen and oxygen atoms in total. The lowest BCUT2D eigenvalue weighted by molar-refractivity contribution is 0.0106. The molecule has 3 heterocycles. The predicted molar refractivity (Wildman–Crippen MR) is 99.6 cm³/mol. The first-order valence-electron chi connectivity index (χ1n) is 9.40. The maximum atomic E-state index is 13.7. The minimum Gasteiger partial charge on any atom is -0.379 e. The number of rotatable bonds is 3. The van der Waals surface area contributed by atoms with Gasteiger partial charge in [-0.3, -0.25) is 9.58 Å². The van der Waals surface area contributed by atoms with Gasteiger partial charge in [-0.15, -0.1) is 0 Å². The van der Waals surface area contributed by atoms with Crippen molar-refractivity contribution >= 4 is 5.69 Å². The Labute approximate surface area is 154 Å². The molecule has 6 heteroatoms. The summed E-state index contributed by atoms with van der Waals surface area (Å²) in [6.07, 6.45) is 6.36. The third-order valence-corrected chi connectivity index (χ3v) is 5.52. The number of nitrogens with zero attached hydrogens (tertiary/aromatic N) is 4. The van der Waals surface area contributed by atoms with Crippen LogP contribution in [0.25, 0.3) is 0 Å². The first-order valence-corrected chi connectivity index (χ1v) is 9.40. The van der Waals surface area contributed by atoms with Crippen molar-refractivity contribution in [2.45, 2.75) is 19.4 Å². The highest BCUT2D eigenvalue weighted by atomic mass is 19.1. The molecule has 2 saturated heterocycles. The van der Waals surface area contributed by atoms with E-state index >= 15 is 0 Å². The quantitative estimate of drug-likeness (QED) is 0.845. The second-order valence-corrected chi connectivity index (χ2v) is 7.79. The van der Waals surface area contributed by atoms with Crippen molar-refractivity contribution in [3.05, 3.63) is 48.0 Å². The van der Waals surface area contributed by atoms with Crippen LogP contribution in [0.3, 0.4) is 0 Å². The van der Waals surface area contributed by atoms with Crippen molar-refractivity contribution in [3.63, 3.8) is 0 Å². The zero-order valence-corrected chi connectivity index (χ0v) is 15.4. The van der Waals surface area contributed by atoms with Crippen LogP contribution in [0.2, 0.25) is 0 Å². The largest absolute Gasteiger partial charge is 0.379 e. The van der Waals surface area contributed by atoms with E-state index in [4.69, 9.17) is 4.74 Å². The molecule has 0 unspecified atom stereocenters. The Morgan fingerprint density at radius 3 is 3.00 bits per heavy atom. The van der Waals surface area contributed by atoms with E-state index in [-0.39, 0.29) is 11.2 Å². The van der Waals surface area contributed by atoms with Gasteiger partial charge in [-0.1, -0.05) is 6.07 Å². The fourth-order valence-electron chi connectivity index (χ4n) is 4.39. The summed E-state index contributed by atoms with van der Waals surface area (Å²) in [6, 6.07) is 6.93. The van der Waals surface area contributed by atoms with Gasteiger partial charge in [0.05, 0.1) is 19.4 Å². The highest BCUT2D eigenvalue weighted by Gasteiger charge is 2.39. The molecule has 0 saturated carbocycles. The maximum absolute atomic E-state index is 13.7. The van der Waals surface area contributed by atoms with Gasteiger partial charge in [0.1, 0.15) is 5.82 Å². The maximum Gasteiger partial charge on any atom is 0.125 e. The summed E-state index contributed by atoms with van der Waals surface area (Å²) in [7, 11) is 1.96. The summed E-state index contributed by atoms with van der Waals surface area (Å²) >= 11 is 0. The molecule has 0 aliphatic carbocycles. The van der Waals surface area contributed by atoms with Crippen molar-refractivity contribution in [3.8, 4) is 0 Å². The van der Waals surface area contributed by atoms with Crippen molar-refractivity contribution in [2.75, 3.05) is 44.3 Å². The fourth-order valence-corrected chi connectivity index (χ4v) is 4.39. The van der Waals surface area contributed by atoms with Gasteiger partial charge in [-0.25, -0.2) is 4.39 Å². The molecule has 140 valence electrons. The summed E-state index contributed by atoms with van der Waals surface area (Å²) in [6.45, 7) is 6.25. The SMILES string of the molecule is Cn1cc(CN2CCC[C@@]3(COCCN(c4cccc(F)c4)C3)C2)cn1. The van der Waals surface area contributed by atoms with Crippen LogP contribution < -0.4 is 4.90 Å². The lowest BCUT2D eigenvalue weighted by Gasteiger charge is -2.44. The Morgan fingerprint density at radius 1 is 1.27 bits per heavy atom. The molecule has 2 aliphatic heterocycles. The zero-order valence-electron chi connectivity index (χ0n) is 15.4. The molecule has 1 aromatic heterocycles. The van der Waals surface area contributed by atoms with E-state index < -0.39 is 0 Å². The highest BCUT2D eigenvalue weighted by Crippen LogP contribution is 2.35. The number of piperidine rings is 1. The molecule has 2 aromatic rings. The lowest BCUT2D eigenvalue weighted by Crippen LogP contribution is -2.50. The molecule has 0 amide bonds. The van der Waals surface area contributed by atoms with Crippen LogP contribution in [-0.2, 0) is 18.3 Å². The van der Waals surface area contributed by atoms with Crippen LogP contribution in [0, 0.1) is 11.2 Å². The van der Waals surface area contributed by atoms with Gasteiger partial charge in [0.2, 0.25) is 0 Å². The molecular formula is C20H27FN4O. The number of hydrogen-bond donors (Lipinski definition) is 0. The minimum absolute atomic E-state index is 0.100. The Hall–Kier alpha value is -1.92. The molecule has 4 rings (SSSR count). The standard InChI is InChI=1S/C20H27FN4O/c1-23-12-17(11-22-23)13-24-7-3-6-20(14-24)15-25(8-9-26-16-20)19-5-2-4-18(21)10-19/h2,4-5,10-12H,3,6-9,13-16H2,1H3/t20-/m1/s1. The highest BCUT2D eigenvalue weighted by molar-refractivity contribution is 5.47. The number of aromatic nitrogens is 2. The van der Waals surface area contributed by atoms with Crippen LogP contribution in [0.1, 0.15) is 18.4 Å². The molecule has 1 atom stereocenters. The monoisotopic (exact) mass is 358 g/mol. The molecule has 2 aliphatic rings. The van der Waals surface area contributed by atoms with Crippen molar-refractivity contribution in [1.82, 2.24) is 14.7 Å². The number of aryl methyl sites for hydroxylation is 1. The van der Waals surface area contributed by atoms with Gasteiger partial charge in [-0.05, 0) is 37.6 Å². The summed E-state index contributed by atoms with van der Waals surface area (Å²) in [5, 5.41) is 4.28. The Morgan fingerprint density at radius 2 is 2.19 bits per heavy atom. The molecule has 26 heavy (non-hydrogen) atoms. The van der Waals surface area contributed by atoms with Gasteiger partial charge >= 0.3 is 0 Å². The van der Waals surface area contributed by atoms with Gasteiger partial charge in [0.25, 0.3) is 0 Å². The second kappa shape index (κ2) is 7.37. The van der Waals surface area contributed by atoms with E-state index in [0.29, 0.717) is 6.61 Å². The van der Waals surface area contributed by atoms with Crippen molar-refractivity contribution in [2.24, 2.45) is 12.5 Å². The first-order chi connectivity index (χ1) is 12.6. The van der Waals surface area contributed by atoms with Gasteiger partial charge in [0, 0.05) is 56.1 Å². The molecule has 0 radical (unpaired) electrons. The molecular weight excluding hydrogens is 331 g/mol. The van der Waals surface area contributed by atoms with Crippen molar-refractivity contribution < 1.29 is 9.13 Å². The van der Waals surface area contributed by atoms with Crippen LogP contribution in [0.4, 0.5) is 10.1 Å². The zero-order chi connectivity index (χ0) is 18.0. The predicted octanol–water partition coefficient (Wildman–Crippen LogP) is 2.68. The van der Waals surface area contributed by atoms with Crippen LogP contribution in [0.5, 0.6) is 0 Å². The van der Waals surface area contributed by atoms with Crippen LogP contribution in [0.15, 0.2) is 36.7 Å². The van der Waals surface area contributed by atoms with Gasteiger partial charge in [0.15, 0.2) is 0 Å². The van der Waals surface area contributed by atoms with Gasteiger partial charge < -0.3 is 9.64 Å². The number of halogens is 1. The Balaban J connectivity index is 1.49. The van der Waals surface area contributed by atoms with E-state index in [1.54, 1.807) is 12.1 Å². The van der Waals surface area contributed by atoms with Crippen molar-refractivity contribution in [1.29, 1.82) is 0 Å². The number of likely N-dealkylation sites (tertiary alicyclic amines) is 1. The Bertz CT molecular complexity index is 749. The van der Waals surface area contributed by atoms with E-state index in [9.17, 15) is 4.39 Å². The summed E-state index contributed by atoms with van der Waals surface area (Å²) in [5.74, 6) is -0.177. The normalized spacial score (nSPS) is 24.8.